The quantitative estimate of drug-likeness (QED) is 0.545. The first kappa shape index (κ1) is 22.4. The molecule has 0 atom stereocenters. The van der Waals surface area contributed by atoms with Crippen molar-refractivity contribution in [2.45, 2.75) is 31.1 Å². The van der Waals surface area contributed by atoms with Crippen molar-refractivity contribution in [3.05, 3.63) is 60.3 Å². The minimum atomic E-state index is -3.57. The molecule has 2 heterocycles. The van der Waals surface area contributed by atoms with Crippen molar-refractivity contribution in [1.29, 1.82) is 0 Å². The summed E-state index contributed by atoms with van der Waals surface area (Å²) in [7, 11) is -3.57. The van der Waals surface area contributed by atoms with E-state index in [1.807, 2.05) is 31.3 Å². The van der Waals surface area contributed by atoms with Gasteiger partial charge in [0.05, 0.1) is 11.5 Å². The van der Waals surface area contributed by atoms with Crippen molar-refractivity contribution in [1.82, 2.24) is 14.6 Å². The largest absolute Gasteiger partial charge is 0.494 e. The van der Waals surface area contributed by atoms with E-state index in [4.69, 9.17) is 4.74 Å². The minimum absolute atomic E-state index is 0.00274. The van der Waals surface area contributed by atoms with Gasteiger partial charge in [0.25, 0.3) is 0 Å². The number of carbonyl (C=O) groups is 1. The molecule has 0 aliphatic carbocycles. The highest BCUT2D eigenvalue weighted by molar-refractivity contribution is 7.89. The fraction of sp³-hybridized carbons (Fsp3) is 0.375. The summed E-state index contributed by atoms with van der Waals surface area (Å²) in [5, 5.41) is 4.20. The van der Waals surface area contributed by atoms with Crippen LogP contribution in [0, 0.1) is 5.92 Å². The number of para-hydroxylation sites is 1. The lowest BCUT2D eigenvalue weighted by Gasteiger charge is -2.30. The molecular formula is C24H29N3O4S. The molecule has 0 spiro atoms. The van der Waals surface area contributed by atoms with E-state index in [9.17, 15) is 13.2 Å². The van der Waals surface area contributed by atoms with Gasteiger partial charge in [0.2, 0.25) is 15.9 Å². The van der Waals surface area contributed by atoms with Gasteiger partial charge in [0.15, 0.2) is 0 Å². The summed E-state index contributed by atoms with van der Waals surface area (Å²) in [5.41, 5.74) is 2.27. The van der Waals surface area contributed by atoms with Crippen LogP contribution in [0.4, 0.5) is 0 Å². The molecule has 1 aliphatic heterocycles. The third-order valence-electron chi connectivity index (χ3n) is 5.97. The van der Waals surface area contributed by atoms with E-state index in [-0.39, 0.29) is 16.7 Å². The number of aromatic nitrogens is 1. The maximum atomic E-state index is 12.9. The standard InChI is InChI=1S/C24H29N3O4S/c1-2-31-20-7-9-21(10-8-20)32(29,30)27-15-12-18(13-16-27)24(28)25-14-11-19-17-26-23-6-4-3-5-22(19)23/h3-10,17-18,26H,2,11-16H2,1H3,(H,25,28). The van der Waals surface area contributed by atoms with E-state index in [1.165, 1.54) is 15.3 Å². The van der Waals surface area contributed by atoms with Crippen molar-refractivity contribution in [2.24, 2.45) is 5.92 Å². The number of amides is 1. The van der Waals surface area contributed by atoms with Gasteiger partial charge < -0.3 is 15.0 Å². The van der Waals surface area contributed by atoms with Crippen LogP contribution in [0.2, 0.25) is 0 Å². The first-order valence-corrected chi connectivity index (χ1v) is 12.5. The molecule has 1 fully saturated rings. The van der Waals surface area contributed by atoms with Gasteiger partial charge in [-0.3, -0.25) is 4.79 Å². The van der Waals surface area contributed by atoms with Crippen LogP contribution in [0.25, 0.3) is 10.9 Å². The zero-order valence-electron chi connectivity index (χ0n) is 18.2. The zero-order valence-corrected chi connectivity index (χ0v) is 19.0. The molecule has 3 aromatic rings. The van der Waals surface area contributed by atoms with Crippen LogP contribution in [0.1, 0.15) is 25.3 Å². The Labute approximate surface area is 188 Å². The highest BCUT2D eigenvalue weighted by atomic mass is 32.2. The Balaban J connectivity index is 1.27. The molecule has 1 aliphatic rings. The van der Waals surface area contributed by atoms with Crippen LogP contribution in [-0.2, 0) is 21.2 Å². The summed E-state index contributed by atoms with van der Waals surface area (Å²) in [6.45, 7) is 3.66. The molecule has 0 bridgehead atoms. The van der Waals surface area contributed by atoms with Gasteiger partial charge in [-0.15, -0.1) is 0 Å². The maximum absolute atomic E-state index is 12.9. The normalized spacial score (nSPS) is 15.7. The second-order valence-corrected chi connectivity index (χ2v) is 9.92. The second kappa shape index (κ2) is 9.75. The fourth-order valence-electron chi connectivity index (χ4n) is 4.19. The van der Waals surface area contributed by atoms with Gasteiger partial charge in [-0.25, -0.2) is 8.42 Å². The molecule has 0 unspecified atom stereocenters. The number of sulfonamides is 1. The zero-order chi connectivity index (χ0) is 22.6. The van der Waals surface area contributed by atoms with Crippen molar-refractivity contribution in [3.63, 3.8) is 0 Å². The minimum Gasteiger partial charge on any atom is -0.494 e. The smallest absolute Gasteiger partial charge is 0.243 e. The summed E-state index contributed by atoms with van der Waals surface area (Å²) >= 11 is 0. The number of aromatic amines is 1. The number of fused-ring (bicyclic) bond motifs is 1. The number of nitrogens with one attached hydrogen (secondary N) is 2. The van der Waals surface area contributed by atoms with Crippen LogP contribution in [0.5, 0.6) is 5.75 Å². The Morgan fingerprint density at radius 1 is 1.12 bits per heavy atom. The molecule has 2 N–H and O–H groups in total. The van der Waals surface area contributed by atoms with Gasteiger partial charge in [-0.2, -0.15) is 4.31 Å². The number of H-pyrrole nitrogens is 1. The van der Waals surface area contributed by atoms with E-state index in [0.29, 0.717) is 44.8 Å². The number of carbonyl (C=O) groups excluding carboxylic acids is 1. The van der Waals surface area contributed by atoms with Gasteiger partial charge in [-0.05, 0) is 62.1 Å². The Kier molecular flexibility index (Phi) is 6.81. The third kappa shape index (κ3) is 4.81. The molecule has 0 radical (unpaired) electrons. The van der Waals surface area contributed by atoms with Crippen molar-refractivity contribution >= 4 is 26.8 Å². The number of benzene rings is 2. The van der Waals surface area contributed by atoms with Crippen molar-refractivity contribution in [2.75, 3.05) is 26.2 Å². The van der Waals surface area contributed by atoms with E-state index < -0.39 is 10.0 Å². The lowest BCUT2D eigenvalue weighted by atomic mass is 9.97. The van der Waals surface area contributed by atoms with Crippen molar-refractivity contribution in [3.8, 4) is 5.75 Å². The maximum Gasteiger partial charge on any atom is 0.243 e. The predicted molar refractivity (Wildman–Crippen MR) is 124 cm³/mol. The Bertz CT molecular complexity index is 1160. The summed E-state index contributed by atoms with van der Waals surface area (Å²) in [4.78, 5) is 16.1. The highest BCUT2D eigenvalue weighted by Gasteiger charge is 2.32. The molecule has 170 valence electrons. The monoisotopic (exact) mass is 455 g/mol. The van der Waals surface area contributed by atoms with Crippen LogP contribution >= 0.6 is 0 Å². The molecule has 7 nitrogen and oxygen atoms in total. The molecule has 32 heavy (non-hydrogen) atoms. The van der Waals surface area contributed by atoms with Gasteiger partial charge >= 0.3 is 0 Å². The number of ether oxygens (including phenoxy) is 1. The first-order valence-electron chi connectivity index (χ1n) is 11.0. The molecule has 0 saturated carbocycles. The van der Waals surface area contributed by atoms with Crippen LogP contribution in [0.15, 0.2) is 59.6 Å². The van der Waals surface area contributed by atoms with Gasteiger partial charge in [0.1, 0.15) is 5.75 Å². The van der Waals surface area contributed by atoms with Gasteiger partial charge in [-0.1, -0.05) is 18.2 Å². The average Bonchev–Trinajstić information content (AvgIpc) is 3.23. The molecule has 1 amide bonds. The van der Waals surface area contributed by atoms with E-state index in [2.05, 4.69) is 16.4 Å². The molecule has 1 saturated heterocycles. The van der Waals surface area contributed by atoms with Crippen molar-refractivity contribution < 1.29 is 17.9 Å². The van der Waals surface area contributed by atoms with Crippen LogP contribution in [0.3, 0.4) is 0 Å². The summed E-state index contributed by atoms with van der Waals surface area (Å²) in [5.74, 6) is 0.488. The predicted octanol–water partition coefficient (Wildman–Crippen LogP) is 3.33. The Hall–Kier alpha value is -2.84. The number of hydrogen-bond acceptors (Lipinski definition) is 4. The Morgan fingerprint density at radius 2 is 1.84 bits per heavy atom. The third-order valence-corrected chi connectivity index (χ3v) is 7.88. The molecule has 1 aromatic heterocycles. The molecule has 4 rings (SSSR count). The fourth-order valence-corrected chi connectivity index (χ4v) is 5.65. The lowest BCUT2D eigenvalue weighted by molar-refractivity contribution is -0.126. The van der Waals surface area contributed by atoms with E-state index in [0.717, 1.165) is 11.9 Å². The number of rotatable bonds is 8. The second-order valence-electron chi connectivity index (χ2n) is 7.98. The number of nitrogens with zero attached hydrogens (tertiary/aromatic N) is 1. The van der Waals surface area contributed by atoms with Gasteiger partial charge in [0, 0.05) is 42.7 Å². The molecular weight excluding hydrogens is 426 g/mol. The SMILES string of the molecule is CCOc1ccc(S(=O)(=O)N2CCC(C(=O)NCCc3c[nH]c4ccccc34)CC2)cc1. The number of hydrogen-bond donors (Lipinski definition) is 2. The summed E-state index contributed by atoms with van der Waals surface area (Å²) in [6, 6.07) is 14.6. The van der Waals surface area contributed by atoms with Crippen LogP contribution in [-0.4, -0.2) is 49.9 Å². The van der Waals surface area contributed by atoms with Crippen LogP contribution < -0.4 is 10.1 Å². The average molecular weight is 456 g/mol. The first-order chi connectivity index (χ1) is 15.5. The molecule has 2 aromatic carbocycles. The highest BCUT2D eigenvalue weighted by Crippen LogP contribution is 2.25. The summed E-state index contributed by atoms with van der Waals surface area (Å²) in [6.07, 6.45) is 3.78. The lowest BCUT2D eigenvalue weighted by Crippen LogP contribution is -2.43. The number of piperidine rings is 1. The van der Waals surface area contributed by atoms with E-state index >= 15 is 0 Å². The van der Waals surface area contributed by atoms with E-state index in [1.54, 1.807) is 24.3 Å². The topological polar surface area (TPSA) is 91.5 Å². The summed E-state index contributed by atoms with van der Waals surface area (Å²) < 4.78 is 32.7. The molecule has 8 heteroatoms. The Morgan fingerprint density at radius 3 is 2.56 bits per heavy atom.